The molecule has 10 nitrogen and oxygen atoms in total. The van der Waals surface area contributed by atoms with E-state index in [2.05, 4.69) is 25.5 Å². The highest BCUT2D eigenvalue weighted by atomic mass is 32.1. The van der Waals surface area contributed by atoms with E-state index < -0.39 is 0 Å². The Bertz CT molecular complexity index is 1410. The average molecular weight is 494 g/mol. The van der Waals surface area contributed by atoms with Crippen molar-refractivity contribution in [3.63, 3.8) is 0 Å². The molecule has 35 heavy (non-hydrogen) atoms. The van der Waals surface area contributed by atoms with Crippen LogP contribution in [0.4, 0.5) is 16.3 Å². The number of fused-ring (bicyclic) bond motifs is 4. The molecule has 1 saturated heterocycles. The predicted octanol–water partition coefficient (Wildman–Crippen LogP) is 3.91. The predicted molar refractivity (Wildman–Crippen MR) is 134 cm³/mol. The number of hydrogen-bond donors (Lipinski definition) is 2. The first-order valence-electron chi connectivity index (χ1n) is 11.7. The number of amides is 2. The van der Waals surface area contributed by atoms with E-state index in [0.717, 1.165) is 43.9 Å². The molecule has 0 radical (unpaired) electrons. The summed E-state index contributed by atoms with van der Waals surface area (Å²) in [6.07, 6.45) is 4.12. The van der Waals surface area contributed by atoms with Crippen molar-refractivity contribution < 1.29 is 14.3 Å². The van der Waals surface area contributed by atoms with Gasteiger partial charge in [0.2, 0.25) is 0 Å². The summed E-state index contributed by atoms with van der Waals surface area (Å²) in [5, 5.41) is 12.5. The number of H-pyrrole nitrogens is 1. The summed E-state index contributed by atoms with van der Waals surface area (Å²) < 4.78 is 11.2. The highest BCUT2D eigenvalue weighted by Gasteiger charge is 2.35. The van der Waals surface area contributed by atoms with Gasteiger partial charge in [-0.25, -0.2) is 14.8 Å². The first-order valence-corrected chi connectivity index (χ1v) is 12.5. The number of nitrogens with zero attached hydrogens (tertiary/aromatic N) is 5. The van der Waals surface area contributed by atoms with E-state index in [1.54, 1.807) is 31.0 Å². The van der Waals surface area contributed by atoms with Gasteiger partial charge in [-0.2, -0.15) is 5.10 Å². The molecule has 2 N–H and O–H groups in total. The zero-order chi connectivity index (χ0) is 24.1. The molecule has 4 aromatic rings. The molecular formula is C24H27N7O3S. The lowest BCUT2D eigenvalue weighted by Gasteiger charge is -2.42. The van der Waals surface area contributed by atoms with E-state index in [0.29, 0.717) is 32.1 Å². The molecule has 11 heteroatoms. The van der Waals surface area contributed by atoms with Crippen molar-refractivity contribution in [2.75, 3.05) is 32.2 Å². The van der Waals surface area contributed by atoms with E-state index in [4.69, 9.17) is 9.47 Å². The Hall–Kier alpha value is -3.44. The first kappa shape index (κ1) is 22.1. The normalized spacial score (nSPS) is 20.3. The second-order valence-electron chi connectivity index (χ2n) is 9.14. The lowest BCUT2D eigenvalue weighted by Crippen LogP contribution is -2.57. The third kappa shape index (κ3) is 3.75. The fraction of sp³-hybridized carbons (Fsp3) is 0.417. The van der Waals surface area contributed by atoms with Crippen LogP contribution >= 0.6 is 11.3 Å². The summed E-state index contributed by atoms with van der Waals surface area (Å²) in [5.74, 6) is 1.44. The van der Waals surface area contributed by atoms with Crippen molar-refractivity contribution in [1.82, 2.24) is 30.0 Å². The Balaban J connectivity index is 1.32. The number of carbonyl (C=O) groups excluding carboxylic acids is 1. The molecule has 0 bridgehead atoms. The number of carbonyl (C=O) groups is 1. The van der Waals surface area contributed by atoms with E-state index in [1.807, 2.05) is 35.8 Å². The van der Waals surface area contributed by atoms with Crippen LogP contribution in [0.1, 0.15) is 24.3 Å². The molecule has 2 aliphatic heterocycles. The van der Waals surface area contributed by atoms with Gasteiger partial charge >= 0.3 is 6.03 Å². The minimum absolute atomic E-state index is 0.0688. The lowest BCUT2D eigenvalue weighted by atomic mass is 10.0. The number of methoxy groups -OCH3 is 1. The number of thiophene rings is 1. The quantitative estimate of drug-likeness (QED) is 0.445. The molecule has 0 spiro atoms. The first-order chi connectivity index (χ1) is 17.0. The van der Waals surface area contributed by atoms with Crippen molar-refractivity contribution >= 4 is 50.0 Å². The van der Waals surface area contributed by atoms with Gasteiger partial charge in [0.15, 0.2) is 0 Å². The van der Waals surface area contributed by atoms with Crippen LogP contribution in [-0.2, 0) is 17.7 Å². The van der Waals surface area contributed by atoms with E-state index in [-0.39, 0.29) is 18.1 Å². The summed E-state index contributed by atoms with van der Waals surface area (Å²) in [7, 11) is 1.65. The average Bonchev–Trinajstić information content (AvgIpc) is 3.47. The number of aromatic amines is 1. The Kier molecular flexibility index (Phi) is 5.45. The summed E-state index contributed by atoms with van der Waals surface area (Å²) in [6, 6.07) is 4.14. The molecule has 6 rings (SSSR count). The number of morpholine rings is 1. The summed E-state index contributed by atoms with van der Waals surface area (Å²) in [6.45, 7) is 6.49. The zero-order valence-electron chi connectivity index (χ0n) is 19.9. The second-order valence-corrected chi connectivity index (χ2v) is 10.2. The van der Waals surface area contributed by atoms with Crippen LogP contribution in [-0.4, -0.2) is 74.9 Å². The van der Waals surface area contributed by atoms with Gasteiger partial charge in [-0.1, -0.05) is 0 Å². The second kappa shape index (κ2) is 8.65. The van der Waals surface area contributed by atoms with Gasteiger partial charge < -0.3 is 24.6 Å². The molecule has 2 atom stereocenters. The third-order valence-corrected chi connectivity index (χ3v) is 7.93. The van der Waals surface area contributed by atoms with Crippen LogP contribution in [0.5, 0.6) is 5.75 Å². The summed E-state index contributed by atoms with van der Waals surface area (Å²) in [4.78, 5) is 28.5. The zero-order valence-corrected chi connectivity index (χ0v) is 20.7. The van der Waals surface area contributed by atoms with Gasteiger partial charge in [0.1, 0.15) is 22.7 Å². The van der Waals surface area contributed by atoms with Gasteiger partial charge in [0.25, 0.3) is 0 Å². The molecular weight excluding hydrogens is 466 g/mol. The maximum Gasteiger partial charge on any atom is 0.320 e. The Morgan fingerprint density at radius 1 is 1.26 bits per heavy atom. The maximum atomic E-state index is 13.4. The van der Waals surface area contributed by atoms with E-state index in [9.17, 15) is 4.79 Å². The number of benzene rings is 1. The molecule has 1 fully saturated rings. The van der Waals surface area contributed by atoms with Crippen LogP contribution in [0.25, 0.3) is 21.1 Å². The van der Waals surface area contributed by atoms with Crippen molar-refractivity contribution in [1.29, 1.82) is 0 Å². The highest BCUT2D eigenvalue weighted by molar-refractivity contribution is 7.19. The van der Waals surface area contributed by atoms with Crippen molar-refractivity contribution in [2.45, 2.75) is 38.9 Å². The number of rotatable bonds is 3. The number of anilines is 2. The van der Waals surface area contributed by atoms with Gasteiger partial charge in [0.05, 0.1) is 61.7 Å². The lowest BCUT2D eigenvalue weighted by molar-refractivity contribution is -0.0226. The smallest absolute Gasteiger partial charge is 0.320 e. The Labute approximate surface area is 206 Å². The van der Waals surface area contributed by atoms with E-state index in [1.165, 1.54) is 5.56 Å². The Morgan fingerprint density at radius 2 is 2.09 bits per heavy atom. The van der Waals surface area contributed by atoms with Gasteiger partial charge in [-0.15, -0.1) is 11.3 Å². The molecule has 182 valence electrons. The number of urea groups is 1. The summed E-state index contributed by atoms with van der Waals surface area (Å²) >= 11 is 1.63. The SMILES string of the molecule is COc1cc2[nH]ncc2cc1Nc1ncnc2sc3c(c12)CCN(C(=O)N1[C@@H](C)COC[C@@H]1C)C3. The largest absolute Gasteiger partial charge is 0.494 e. The molecule has 2 aliphatic rings. The van der Waals surface area contributed by atoms with E-state index >= 15 is 0 Å². The third-order valence-electron chi connectivity index (χ3n) is 6.81. The number of hydrogen-bond acceptors (Lipinski definition) is 8. The van der Waals surface area contributed by atoms with Crippen molar-refractivity contribution in [3.8, 4) is 5.75 Å². The maximum absolute atomic E-state index is 13.4. The standard InChI is InChI=1S/C24H27N7O3S/c1-13-10-34-11-14(2)31(13)24(32)30-5-4-16-20(9-30)35-23-21(16)22(25-12-26-23)28-18-6-15-8-27-29-17(15)7-19(18)33-3/h6-8,12-14H,4-5,9-11H2,1-3H3,(H,27,29)(H,25,26,28)/t13-,14-/m0/s1. The monoisotopic (exact) mass is 493 g/mol. The van der Waals surface area contributed by atoms with Gasteiger partial charge in [-0.3, -0.25) is 5.10 Å². The van der Waals surface area contributed by atoms with Gasteiger partial charge in [0, 0.05) is 22.9 Å². The minimum Gasteiger partial charge on any atom is -0.494 e. The Morgan fingerprint density at radius 3 is 2.89 bits per heavy atom. The summed E-state index contributed by atoms with van der Waals surface area (Å²) in [5.41, 5.74) is 2.93. The fourth-order valence-electron chi connectivity index (χ4n) is 5.10. The van der Waals surface area contributed by atoms with Crippen molar-refractivity contribution in [3.05, 3.63) is 35.1 Å². The van der Waals surface area contributed by atoms with Crippen LogP contribution < -0.4 is 10.1 Å². The molecule has 0 aliphatic carbocycles. The number of nitrogens with one attached hydrogen (secondary N) is 2. The molecule has 0 saturated carbocycles. The van der Waals surface area contributed by atoms with Crippen LogP contribution in [0.3, 0.4) is 0 Å². The molecule has 1 aromatic carbocycles. The van der Waals surface area contributed by atoms with Gasteiger partial charge in [-0.05, 0) is 31.9 Å². The molecule has 5 heterocycles. The van der Waals surface area contributed by atoms with Crippen LogP contribution in [0.2, 0.25) is 0 Å². The highest BCUT2D eigenvalue weighted by Crippen LogP contribution is 2.40. The molecule has 2 amide bonds. The minimum atomic E-state index is 0.0688. The number of ether oxygens (including phenoxy) is 2. The van der Waals surface area contributed by atoms with Crippen molar-refractivity contribution in [2.24, 2.45) is 0 Å². The van der Waals surface area contributed by atoms with Crippen LogP contribution in [0, 0.1) is 0 Å². The van der Waals surface area contributed by atoms with Crippen LogP contribution in [0.15, 0.2) is 24.7 Å². The topological polar surface area (TPSA) is 108 Å². The fourth-order valence-corrected chi connectivity index (χ4v) is 6.30. The number of aromatic nitrogens is 4. The molecule has 3 aromatic heterocycles. The molecule has 0 unspecified atom stereocenters.